The molecule has 24 heavy (non-hydrogen) atoms. The average Bonchev–Trinajstić information content (AvgIpc) is 2.60. The van der Waals surface area contributed by atoms with E-state index >= 15 is 0 Å². The van der Waals surface area contributed by atoms with E-state index < -0.39 is 0 Å². The molecule has 0 bridgehead atoms. The molecule has 2 fully saturated rings. The van der Waals surface area contributed by atoms with Crippen molar-refractivity contribution in [3.8, 4) is 0 Å². The summed E-state index contributed by atoms with van der Waals surface area (Å²) in [6.45, 7) is 0. The van der Waals surface area contributed by atoms with E-state index in [9.17, 15) is 4.79 Å². The fourth-order valence-corrected chi connectivity index (χ4v) is 4.27. The van der Waals surface area contributed by atoms with Gasteiger partial charge >= 0.3 is 5.97 Å². The molecule has 126 valence electrons. The lowest BCUT2D eigenvalue weighted by molar-refractivity contribution is -0.148. The first-order valence-electron chi connectivity index (χ1n) is 8.60. The minimum Gasteiger partial charge on any atom is -0.469 e. The summed E-state index contributed by atoms with van der Waals surface area (Å²) in [4.78, 5) is 24.7. The van der Waals surface area contributed by atoms with E-state index in [1.165, 1.54) is 7.11 Å². The van der Waals surface area contributed by atoms with Crippen LogP contribution in [0.1, 0.15) is 38.5 Å². The number of methoxy groups -OCH3 is 1. The number of rotatable bonds is 3. The second-order valence-electron chi connectivity index (χ2n) is 7.14. The second kappa shape index (κ2) is 6.00. The highest BCUT2D eigenvalue weighted by Crippen LogP contribution is 2.53. The zero-order valence-corrected chi connectivity index (χ0v) is 13.9. The van der Waals surface area contributed by atoms with Gasteiger partial charge < -0.3 is 10.1 Å². The lowest BCUT2D eigenvalue weighted by Gasteiger charge is -2.51. The van der Waals surface area contributed by atoms with Gasteiger partial charge in [0.2, 0.25) is 0 Å². The van der Waals surface area contributed by atoms with Crippen molar-refractivity contribution >= 4 is 23.0 Å². The topological polar surface area (TPSA) is 77.0 Å². The van der Waals surface area contributed by atoms with E-state index in [0.717, 1.165) is 49.9 Å². The van der Waals surface area contributed by atoms with Crippen molar-refractivity contribution in [3.63, 3.8) is 0 Å². The first-order valence-corrected chi connectivity index (χ1v) is 8.60. The first-order chi connectivity index (χ1) is 11.7. The maximum atomic E-state index is 11.6. The highest BCUT2D eigenvalue weighted by Gasteiger charge is 2.47. The van der Waals surface area contributed by atoms with Crippen LogP contribution in [0.15, 0.2) is 24.5 Å². The molecule has 2 aliphatic rings. The second-order valence-corrected chi connectivity index (χ2v) is 7.14. The molecule has 0 aliphatic heterocycles. The van der Waals surface area contributed by atoms with Crippen LogP contribution in [0.2, 0.25) is 0 Å². The predicted octanol–water partition coefficient (Wildman–Crippen LogP) is 2.95. The molecule has 2 saturated carbocycles. The quantitative estimate of drug-likeness (QED) is 0.874. The van der Waals surface area contributed by atoms with Crippen LogP contribution in [-0.2, 0) is 9.53 Å². The maximum Gasteiger partial charge on any atom is 0.308 e. The minimum atomic E-state index is -0.0414. The number of carbonyl (C=O) groups is 1. The number of anilines is 1. The Labute approximate surface area is 141 Å². The number of hydrogen-bond donors (Lipinski definition) is 1. The smallest absolute Gasteiger partial charge is 0.308 e. The Bertz CT molecular complexity index is 748. The lowest BCUT2D eigenvalue weighted by atomic mass is 9.57. The third-order valence-electron chi connectivity index (χ3n) is 5.62. The molecular weight excluding hydrogens is 304 g/mol. The molecule has 0 unspecified atom stereocenters. The summed E-state index contributed by atoms with van der Waals surface area (Å²) < 4.78 is 4.87. The van der Waals surface area contributed by atoms with Crippen LogP contribution in [0.4, 0.5) is 5.82 Å². The molecular formula is C18H22N4O2. The Morgan fingerprint density at radius 1 is 1.21 bits per heavy atom. The van der Waals surface area contributed by atoms with Crippen LogP contribution >= 0.6 is 0 Å². The fraction of sp³-hybridized carbons (Fsp3) is 0.556. The summed E-state index contributed by atoms with van der Waals surface area (Å²) in [5, 5.41) is 3.52. The van der Waals surface area contributed by atoms with Crippen LogP contribution in [0.25, 0.3) is 11.2 Å². The highest BCUT2D eigenvalue weighted by molar-refractivity contribution is 5.72. The Hall–Kier alpha value is -2.24. The monoisotopic (exact) mass is 326 g/mol. The average molecular weight is 326 g/mol. The standard InChI is InChI=1S/C18H22N4O2/c1-24-17(23)12-4-6-18(7-5-12)10-13(11-18)21-15-3-2-14-16(22-15)20-9-8-19-14/h2-3,8-9,12-13H,4-7,10-11H2,1H3,(H,20,21,22). The summed E-state index contributed by atoms with van der Waals surface area (Å²) in [7, 11) is 1.48. The van der Waals surface area contributed by atoms with Crippen molar-refractivity contribution < 1.29 is 9.53 Å². The third-order valence-corrected chi connectivity index (χ3v) is 5.62. The van der Waals surface area contributed by atoms with Gasteiger partial charge in [0.25, 0.3) is 0 Å². The first kappa shape index (κ1) is 15.3. The molecule has 0 saturated heterocycles. The van der Waals surface area contributed by atoms with Crippen molar-refractivity contribution in [1.82, 2.24) is 15.0 Å². The summed E-state index contributed by atoms with van der Waals surface area (Å²) in [6.07, 6.45) is 9.83. The Balaban J connectivity index is 1.33. The summed E-state index contributed by atoms with van der Waals surface area (Å²) in [5.41, 5.74) is 1.91. The van der Waals surface area contributed by atoms with Gasteiger partial charge in [-0.3, -0.25) is 9.78 Å². The number of esters is 1. The van der Waals surface area contributed by atoms with Gasteiger partial charge in [-0.1, -0.05) is 0 Å². The maximum absolute atomic E-state index is 11.6. The number of pyridine rings is 1. The number of hydrogen-bond acceptors (Lipinski definition) is 6. The molecule has 1 spiro atoms. The number of nitrogens with one attached hydrogen (secondary N) is 1. The van der Waals surface area contributed by atoms with Crippen molar-refractivity contribution in [2.75, 3.05) is 12.4 Å². The summed E-state index contributed by atoms with van der Waals surface area (Å²) in [5.74, 6) is 0.930. The van der Waals surface area contributed by atoms with E-state index in [1.54, 1.807) is 12.4 Å². The molecule has 0 aromatic carbocycles. The van der Waals surface area contributed by atoms with Gasteiger partial charge in [0.1, 0.15) is 11.3 Å². The van der Waals surface area contributed by atoms with E-state index in [-0.39, 0.29) is 11.9 Å². The molecule has 4 rings (SSSR count). The normalized spacial score (nSPS) is 29.2. The van der Waals surface area contributed by atoms with Gasteiger partial charge in [-0.25, -0.2) is 9.97 Å². The molecule has 0 atom stereocenters. The minimum absolute atomic E-state index is 0.0414. The van der Waals surface area contributed by atoms with Gasteiger partial charge in [-0.05, 0) is 56.1 Å². The molecule has 2 aromatic rings. The predicted molar refractivity (Wildman–Crippen MR) is 90.4 cm³/mol. The van der Waals surface area contributed by atoms with Gasteiger partial charge in [0.05, 0.1) is 13.0 Å². The largest absolute Gasteiger partial charge is 0.469 e. The van der Waals surface area contributed by atoms with E-state index in [4.69, 9.17) is 4.74 Å². The highest BCUT2D eigenvalue weighted by atomic mass is 16.5. The van der Waals surface area contributed by atoms with Gasteiger partial charge in [0, 0.05) is 18.4 Å². The molecule has 2 aliphatic carbocycles. The fourth-order valence-electron chi connectivity index (χ4n) is 4.27. The Morgan fingerprint density at radius 2 is 1.96 bits per heavy atom. The number of aromatic nitrogens is 3. The summed E-state index contributed by atoms with van der Waals surface area (Å²) in [6, 6.07) is 4.38. The number of fused-ring (bicyclic) bond motifs is 1. The van der Waals surface area contributed by atoms with Gasteiger partial charge in [-0.2, -0.15) is 0 Å². The number of carbonyl (C=O) groups excluding carboxylic acids is 1. The Kier molecular flexibility index (Phi) is 3.82. The van der Waals surface area contributed by atoms with Crippen molar-refractivity contribution in [3.05, 3.63) is 24.5 Å². The van der Waals surface area contributed by atoms with E-state index in [0.29, 0.717) is 17.1 Å². The van der Waals surface area contributed by atoms with Crippen molar-refractivity contribution in [2.24, 2.45) is 11.3 Å². The lowest BCUT2D eigenvalue weighted by Crippen LogP contribution is -2.47. The number of ether oxygens (including phenoxy) is 1. The van der Waals surface area contributed by atoms with Gasteiger partial charge in [0.15, 0.2) is 5.65 Å². The third kappa shape index (κ3) is 2.81. The molecule has 1 N–H and O–H groups in total. The van der Waals surface area contributed by atoms with Crippen LogP contribution in [0.5, 0.6) is 0 Å². The zero-order chi connectivity index (χ0) is 16.6. The van der Waals surface area contributed by atoms with Crippen molar-refractivity contribution in [1.29, 1.82) is 0 Å². The molecule has 0 amide bonds. The van der Waals surface area contributed by atoms with Crippen LogP contribution < -0.4 is 5.32 Å². The van der Waals surface area contributed by atoms with E-state index in [2.05, 4.69) is 20.3 Å². The SMILES string of the molecule is COC(=O)C1CCC2(CC1)CC(Nc1ccc3nccnc3n1)C2. The zero-order valence-electron chi connectivity index (χ0n) is 13.9. The molecule has 6 nitrogen and oxygen atoms in total. The molecule has 6 heteroatoms. The van der Waals surface area contributed by atoms with Crippen LogP contribution in [0.3, 0.4) is 0 Å². The van der Waals surface area contributed by atoms with Crippen LogP contribution in [-0.4, -0.2) is 34.1 Å². The number of nitrogens with zero attached hydrogens (tertiary/aromatic N) is 3. The van der Waals surface area contributed by atoms with E-state index in [1.807, 2.05) is 12.1 Å². The van der Waals surface area contributed by atoms with Crippen LogP contribution in [0, 0.1) is 11.3 Å². The molecule has 0 radical (unpaired) electrons. The van der Waals surface area contributed by atoms with Crippen molar-refractivity contribution in [2.45, 2.75) is 44.6 Å². The molecule has 2 aromatic heterocycles. The molecule has 2 heterocycles. The Morgan fingerprint density at radius 3 is 2.71 bits per heavy atom. The summed E-state index contributed by atoms with van der Waals surface area (Å²) >= 11 is 0. The van der Waals surface area contributed by atoms with Gasteiger partial charge in [-0.15, -0.1) is 0 Å².